The Balaban J connectivity index is 2.26. The molecular weight excluding hydrogens is 197 g/mol. The summed E-state index contributed by atoms with van der Waals surface area (Å²) in [6, 6.07) is 9.24. The van der Waals surface area contributed by atoms with Crippen LogP contribution in [0.15, 0.2) is 42.7 Å². The Morgan fingerprint density at radius 1 is 1.40 bits per heavy atom. The number of benzene rings is 1. The number of carbonyl (C=O) groups is 1. The maximum Gasteiger partial charge on any atom is 0.407 e. The van der Waals surface area contributed by atoms with Crippen molar-refractivity contribution < 1.29 is 13.9 Å². The number of nitrogens with one attached hydrogen (secondary N) is 1. The predicted molar refractivity (Wildman–Crippen MR) is 54.9 cm³/mol. The third kappa shape index (κ3) is 4.81. The Kier molecular flexibility index (Phi) is 4.34. The molecule has 0 unspecified atom stereocenters. The SMILES string of the molecule is C=C(F)CNC(=O)OCc1ccccc1. The number of halogens is 1. The molecule has 3 nitrogen and oxygen atoms in total. The lowest BCUT2D eigenvalue weighted by atomic mass is 10.2. The van der Waals surface area contributed by atoms with E-state index in [2.05, 4.69) is 11.9 Å². The molecule has 0 aliphatic rings. The maximum atomic E-state index is 12.2. The van der Waals surface area contributed by atoms with Gasteiger partial charge in [-0.1, -0.05) is 36.9 Å². The van der Waals surface area contributed by atoms with E-state index in [1.807, 2.05) is 30.3 Å². The molecule has 15 heavy (non-hydrogen) atoms. The molecule has 1 N–H and O–H groups in total. The first-order chi connectivity index (χ1) is 7.18. The van der Waals surface area contributed by atoms with Crippen LogP contribution < -0.4 is 5.32 Å². The van der Waals surface area contributed by atoms with E-state index >= 15 is 0 Å². The average molecular weight is 209 g/mol. The number of alkyl carbamates (subject to hydrolysis) is 1. The highest BCUT2D eigenvalue weighted by molar-refractivity contribution is 5.67. The monoisotopic (exact) mass is 209 g/mol. The highest BCUT2D eigenvalue weighted by atomic mass is 19.1. The maximum absolute atomic E-state index is 12.2. The van der Waals surface area contributed by atoms with Crippen LogP contribution in [0.5, 0.6) is 0 Å². The van der Waals surface area contributed by atoms with Crippen molar-refractivity contribution in [3.63, 3.8) is 0 Å². The molecule has 0 heterocycles. The van der Waals surface area contributed by atoms with E-state index in [-0.39, 0.29) is 13.2 Å². The highest BCUT2D eigenvalue weighted by Crippen LogP contribution is 2.00. The van der Waals surface area contributed by atoms with Gasteiger partial charge in [0, 0.05) is 0 Å². The Bertz CT molecular complexity index is 338. The van der Waals surface area contributed by atoms with Gasteiger partial charge in [0.25, 0.3) is 0 Å². The van der Waals surface area contributed by atoms with E-state index in [4.69, 9.17) is 4.74 Å². The third-order valence-corrected chi connectivity index (χ3v) is 1.64. The van der Waals surface area contributed by atoms with Gasteiger partial charge in [0.15, 0.2) is 0 Å². The number of hydrogen-bond acceptors (Lipinski definition) is 2. The van der Waals surface area contributed by atoms with Crippen molar-refractivity contribution in [3.8, 4) is 0 Å². The van der Waals surface area contributed by atoms with E-state index in [1.54, 1.807) is 0 Å². The third-order valence-electron chi connectivity index (χ3n) is 1.64. The molecular formula is C11H12FNO2. The molecule has 0 atom stereocenters. The van der Waals surface area contributed by atoms with Crippen LogP contribution in [0.4, 0.5) is 9.18 Å². The second-order valence-electron chi connectivity index (χ2n) is 2.93. The zero-order chi connectivity index (χ0) is 11.1. The summed E-state index contributed by atoms with van der Waals surface area (Å²) in [5.41, 5.74) is 0.881. The van der Waals surface area contributed by atoms with Crippen LogP contribution >= 0.6 is 0 Å². The van der Waals surface area contributed by atoms with Gasteiger partial charge in [-0.25, -0.2) is 9.18 Å². The topological polar surface area (TPSA) is 38.3 Å². The molecule has 0 saturated carbocycles. The minimum absolute atomic E-state index is 0.172. The van der Waals surface area contributed by atoms with Crippen molar-refractivity contribution in [1.29, 1.82) is 0 Å². The number of amides is 1. The van der Waals surface area contributed by atoms with Crippen molar-refractivity contribution in [2.45, 2.75) is 6.61 Å². The van der Waals surface area contributed by atoms with E-state index in [0.29, 0.717) is 0 Å². The Morgan fingerprint density at radius 2 is 2.07 bits per heavy atom. The second kappa shape index (κ2) is 5.80. The van der Waals surface area contributed by atoms with E-state index in [1.165, 1.54) is 0 Å². The van der Waals surface area contributed by atoms with Crippen LogP contribution in [0.3, 0.4) is 0 Å². The van der Waals surface area contributed by atoms with Gasteiger partial charge >= 0.3 is 6.09 Å². The molecule has 0 aromatic heterocycles. The fourth-order valence-corrected chi connectivity index (χ4v) is 0.942. The Labute approximate surface area is 87.6 Å². The normalized spacial score (nSPS) is 9.40. The minimum Gasteiger partial charge on any atom is -0.445 e. The van der Waals surface area contributed by atoms with Crippen molar-refractivity contribution in [1.82, 2.24) is 5.32 Å². The van der Waals surface area contributed by atoms with Gasteiger partial charge in [-0.05, 0) is 5.56 Å². The van der Waals surface area contributed by atoms with Crippen molar-refractivity contribution >= 4 is 6.09 Å². The molecule has 0 bridgehead atoms. The summed E-state index contributed by atoms with van der Waals surface area (Å²) in [5.74, 6) is -0.605. The van der Waals surface area contributed by atoms with Crippen molar-refractivity contribution in [3.05, 3.63) is 48.3 Å². The molecule has 0 fully saturated rings. The largest absolute Gasteiger partial charge is 0.445 e. The molecule has 1 amide bonds. The standard InChI is InChI=1S/C11H12FNO2/c1-9(12)7-13-11(14)15-8-10-5-3-2-4-6-10/h2-6H,1,7-8H2,(H,13,14). The molecule has 0 aliphatic carbocycles. The molecule has 1 rings (SSSR count). The van der Waals surface area contributed by atoms with Gasteiger partial charge in [-0.3, -0.25) is 0 Å². The fraction of sp³-hybridized carbons (Fsp3) is 0.182. The smallest absolute Gasteiger partial charge is 0.407 e. The molecule has 4 heteroatoms. The summed E-state index contributed by atoms with van der Waals surface area (Å²) in [6.45, 7) is 2.97. The summed E-state index contributed by atoms with van der Waals surface area (Å²) < 4.78 is 17.0. The molecule has 0 spiro atoms. The Morgan fingerprint density at radius 3 is 2.67 bits per heavy atom. The summed E-state index contributed by atoms with van der Waals surface area (Å²) >= 11 is 0. The van der Waals surface area contributed by atoms with Crippen LogP contribution in [0.1, 0.15) is 5.56 Å². The molecule has 1 aromatic rings. The molecule has 0 radical (unpaired) electrons. The van der Waals surface area contributed by atoms with Crippen LogP contribution in [0, 0.1) is 0 Å². The van der Waals surface area contributed by atoms with Gasteiger partial charge in [0.1, 0.15) is 12.4 Å². The summed E-state index contributed by atoms with van der Waals surface area (Å²) in [4.78, 5) is 11.0. The highest BCUT2D eigenvalue weighted by Gasteiger charge is 2.02. The van der Waals surface area contributed by atoms with Crippen LogP contribution in [0.25, 0.3) is 0 Å². The van der Waals surface area contributed by atoms with E-state index in [9.17, 15) is 9.18 Å². The summed E-state index contributed by atoms with van der Waals surface area (Å²) in [6.07, 6.45) is -0.655. The minimum atomic E-state index is -0.655. The first-order valence-corrected chi connectivity index (χ1v) is 4.46. The van der Waals surface area contributed by atoms with Gasteiger partial charge < -0.3 is 10.1 Å². The summed E-state index contributed by atoms with van der Waals surface area (Å²) in [5, 5.41) is 2.22. The Hall–Kier alpha value is -1.84. The lowest BCUT2D eigenvalue weighted by molar-refractivity contribution is 0.140. The number of rotatable bonds is 4. The van der Waals surface area contributed by atoms with Crippen LogP contribution in [-0.4, -0.2) is 12.6 Å². The quantitative estimate of drug-likeness (QED) is 0.826. The predicted octanol–water partition coefficient (Wildman–Crippen LogP) is 2.40. The molecule has 1 aromatic carbocycles. The second-order valence-corrected chi connectivity index (χ2v) is 2.93. The van der Waals surface area contributed by atoms with Gasteiger partial charge in [-0.15, -0.1) is 0 Å². The fourth-order valence-electron chi connectivity index (χ4n) is 0.942. The van der Waals surface area contributed by atoms with Crippen molar-refractivity contribution in [2.24, 2.45) is 0 Å². The van der Waals surface area contributed by atoms with Gasteiger partial charge in [0.05, 0.1) is 6.54 Å². The lowest BCUT2D eigenvalue weighted by Gasteiger charge is -2.05. The number of hydrogen-bond donors (Lipinski definition) is 1. The zero-order valence-electron chi connectivity index (χ0n) is 8.20. The average Bonchev–Trinajstić information content (AvgIpc) is 2.25. The zero-order valence-corrected chi connectivity index (χ0v) is 8.20. The number of ether oxygens (including phenoxy) is 1. The van der Waals surface area contributed by atoms with Gasteiger partial charge in [0.2, 0.25) is 0 Å². The van der Waals surface area contributed by atoms with E-state index in [0.717, 1.165) is 5.56 Å². The summed E-state index contributed by atoms with van der Waals surface area (Å²) in [7, 11) is 0. The van der Waals surface area contributed by atoms with Gasteiger partial charge in [-0.2, -0.15) is 0 Å². The first-order valence-electron chi connectivity index (χ1n) is 4.46. The lowest BCUT2D eigenvalue weighted by Crippen LogP contribution is -2.25. The van der Waals surface area contributed by atoms with Crippen molar-refractivity contribution in [2.75, 3.05) is 6.54 Å². The first kappa shape index (κ1) is 11.2. The van der Waals surface area contributed by atoms with E-state index < -0.39 is 11.9 Å². The number of carbonyl (C=O) groups excluding carboxylic acids is 1. The molecule has 0 aliphatic heterocycles. The van der Waals surface area contributed by atoms with Crippen LogP contribution in [0.2, 0.25) is 0 Å². The molecule has 80 valence electrons. The molecule has 0 saturated heterocycles. The van der Waals surface area contributed by atoms with Crippen LogP contribution in [-0.2, 0) is 11.3 Å².